The molecule has 0 aliphatic heterocycles. The molecule has 3 aromatic rings. The first-order valence-electron chi connectivity index (χ1n) is 8.53. The van der Waals surface area contributed by atoms with Gasteiger partial charge in [-0.3, -0.25) is 9.52 Å². The summed E-state index contributed by atoms with van der Waals surface area (Å²) in [4.78, 5) is 12.4. The highest BCUT2D eigenvalue weighted by atomic mass is 32.2. The van der Waals surface area contributed by atoms with Crippen molar-refractivity contribution in [2.24, 2.45) is 0 Å². The summed E-state index contributed by atoms with van der Waals surface area (Å²) in [6, 6.07) is 20.1. The molecule has 0 saturated carbocycles. The third-order valence-electron chi connectivity index (χ3n) is 4.14. The molecule has 0 fully saturated rings. The maximum atomic E-state index is 12.7. The fraction of sp³-hybridized carbons (Fsp3) is 0.0952. The van der Waals surface area contributed by atoms with E-state index in [4.69, 9.17) is 4.74 Å². The van der Waals surface area contributed by atoms with E-state index in [0.29, 0.717) is 28.3 Å². The summed E-state index contributed by atoms with van der Waals surface area (Å²) in [6.45, 7) is 1.74. The predicted octanol–water partition coefficient (Wildman–Crippen LogP) is 4.06. The number of benzene rings is 3. The van der Waals surface area contributed by atoms with Gasteiger partial charge < -0.3 is 10.1 Å². The number of amides is 1. The highest BCUT2D eigenvalue weighted by Gasteiger charge is 2.18. The summed E-state index contributed by atoms with van der Waals surface area (Å²) in [5, 5.41) is 2.80. The monoisotopic (exact) mass is 396 g/mol. The number of nitrogens with one attached hydrogen (secondary N) is 2. The van der Waals surface area contributed by atoms with E-state index in [2.05, 4.69) is 10.0 Å². The maximum absolute atomic E-state index is 12.7. The Morgan fingerprint density at radius 2 is 1.57 bits per heavy atom. The summed E-state index contributed by atoms with van der Waals surface area (Å²) < 4.78 is 33.2. The van der Waals surface area contributed by atoms with Crippen molar-refractivity contribution in [1.82, 2.24) is 0 Å². The molecule has 144 valence electrons. The molecule has 2 N–H and O–H groups in total. The predicted molar refractivity (Wildman–Crippen MR) is 109 cm³/mol. The van der Waals surface area contributed by atoms with Gasteiger partial charge in [0.05, 0.1) is 17.7 Å². The van der Waals surface area contributed by atoms with Crippen molar-refractivity contribution >= 4 is 27.3 Å². The second-order valence-electron chi connectivity index (χ2n) is 6.10. The number of para-hydroxylation sites is 2. The molecule has 28 heavy (non-hydrogen) atoms. The van der Waals surface area contributed by atoms with Crippen LogP contribution in [-0.4, -0.2) is 21.4 Å². The molecule has 0 unspecified atom stereocenters. The van der Waals surface area contributed by atoms with Gasteiger partial charge >= 0.3 is 0 Å². The van der Waals surface area contributed by atoms with Crippen molar-refractivity contribution in [3.05, 3.63) is 83.9 Å². The Hall–Kier alpha value is -3.32. The molecule has 0 aromatic heterocycles. The zero-order valence-corrected chi connectivity index (χ0v) is 16.3. The normalized spacial score (nSPS) is 10.9. The lowest BCUT2D eigenvalue weighted by Gasteiger charge is -2.13. The van der Waals surface area contributed by atoms with Crippen LogP contribution in [0.2, 0.25) is 0 Å². The zero-order chi connectivity index (χ0) is 20.1. The van der Waals surface area contributed by atoms with Crippen molar-refractivity contribution in [2.45, 2.75) is 11.8 Å². The molecule has 0 bridgehead atoms. The van der Waals surface area contributed by atoms with Gasteiger partial charge in [0.15, 0.2) is 0 Å². The van der Waals surface area contributed by atoms with Crippen LogP contribution in [-0.2, 0) is 10.0 Å². The molecule has 3 aromatic carbocycles. The maximum Gasteiger partial charge on any atom is 0.262 e. The average Bonchev–Trinajstić information content (AvgIpc) is 2.70. The highest BCUT2D eigenvalue weighted by molar-refractivity contribution is 7.92. The minimum atomic E-state index is -3.81. The van der Waals surface area contributed by atoms with Crippen LogP contribution in [0, 0.1) is 6.92 Å². The number of hydrogen-bond acceptors (Lipinski definition) is 4. The van der Waals surface area contributed by atoms with Gasteiger partial charge in [-0.25, -0.2) is 8.42 Å². The Balaban J connectivity index is 1.82. The molecule has 1 amide bonds. The van der Waals surface area contributed by atoms with Crippen molar-refractivity contribution < 1.29 is 17.9 Å². The number of hydrogen-bond donors (Lipinski definition) is 2. The van der Waals surface area contributed by atoms with Gasteiger partial charge in [-0.05, 0) is 55.0 Å². The first-order valence-corrected chi connectivity index (χ1v) is 10.0. The third-order valence-corrected chi connectivity index (χ3v) is 5.51. The Bertz CT molecular complexity index is 1100. The molecular formula is C21H20N2O4S. The van der Waals surface area contributed by atoms with Gasteiger partial charge in [0.2, 0.25) is 0 Å². The highest BCUT2D eigenvalue weighted by Crippen LogP contribution is 2.27. The van der Waals surface area contributed by atoms with E-state index in [0.717, 1.165) is 0 Å². The molecule has 3 rings (SSSR count). The fourth-order valence-corrected chi connectivity index (χ4v) is 3.82. The van der Waals surface area contributed by atoms with Crippen LogP contribution >= 0.6 is 0 Å². The van der Waals surface area contributed by atoms with Crippen molar-refractivity contribution in [3.63, 3.8) is 0 Å². The topological polar surface area (TPSA) is 84.5 Å². The van der Waals surface area contributed by atoms with E-state index >= 15 is 0 Å². The van der Waals surface area contributed by atoms with Crippen molar-refractivity contribution in [2.75, 3.05) is 17.1 Å². The van der Waals surface area contributed by atoms with E-state index in [1.54, 1.807) is 61.5 Å². The van der Waals surface area contributed by atoms with E-state index in [1.807, 2.05) is 6.07 Å². The molecule has 0 aliphatic rings. The summed E-state index contributed by atoms with van der Waals surface area (Å²) in [5.41, 5.74) is 2.05. The number of sulfonamides is 1. The quantitative estimate of drug-likeness (QED) is 0.658. The number of methoxy groups -OCH3 is 1. The van der Waals surface area contributed by atoms with Gasteiger partial charge in [0, 0.05) is 11.3 Å². The van der Waals surface area contributed by atoms with Crippen LogP contribution in [0.25, 0.3) is 0 Å². The summed E-state index contributed by atoms with van der Waals surface area (Å²) in [6.07, 6.45) is 0. The first-order chi connectivity index (χ1) is 13.4. The average molecular weight is 396 g/mol. The van der Waals surface area contributed by atoms with Gasteiger partial charge in [-0.2, -0.15) is 0 Å². The number of carbonyl (C=O) groups excluding carboxylic acids is 1. The lowest BCUT2D eigenvalue weighted by Crippen LogP contribution is -2.15. The van der Waals surface area contributed by atoms with Crippen LogP contribution in [0.4, 0.5) is 11.4 Å². The van der Waals surface area contributed by atoms with E-state index < -0.39 is 10.0 Å². The summed E-state index contributed by atoms with van der Waals surface area (Å²) in [7, 11) is -2.33. The van der Waals surface area contributed by atoms with E-state index in [1.165, 1.54) is 19.2 Å². The molecule has 0 aliphatic carbocycles. The lowest BCUT2D eigenvalue weighted by molar-refractivity contribution is 0.102. The van der Waals surface area contributed by atoms with Crippen LogP contribution in [0.3, 0.4) is 0 Å². The lowest BCUT2D eigenvalue weighted by atomic mass is 10.1. The van der Waals surface area contributed by atoms with Crippen LogP contribution in [0.5, 0.6) is 5.75 Å². The van der Waals surface area contributed by atoms with Gasteiger partial charge in [0.25, 0.3) is 15.9 Å². The number of rotatable bonds is 6. The Morgan fingerprint density at radius 3 is 2.25 bits per heavy atom. The Morgan fingerprint density at radius 1 is 0.893 bits per heavy atom. The second-order valence-corrected chi connectivity index (χ2v) is 7.79. The molecule has 0 saturated heterocycles. The molecule has 6 nitrogen and oxygen atoms in total. The standard InChI is InChI=1S/C21H20N2O4S/c1-15-14-17(28(25,26)23-19-10-6-7-11-20(19)27-2)12-13-18(15)22-21(24)16-8-4-3-5-9-16/h3-14,23H,1-2H3,(H,22,24). The number of carbonyl (C=O) groups is 1. The van der Waals surface area contributed by atoms with Gasteiger partial charge in [-0.1, -0.05) is 30.3 Å². The Kier molecular flexibility index (Phi) is 5.65. The van der Waals surface area contributed by atoms with Gasteiger partial charge in [0.1, 0.15) is 5.75 Å². The number of anilines is 2. The SMILES string of the molecule is COc1ccccc1NS(=O)(=O)c1ccc(NC(=O)c2ccccc2)c(C)c1. The minimum absolute atomic E-state index is 0.0913. The second kappa shape index (κ2) is 8.14. The largest absolute Gasteiger partial charge is 0.495 e. The molecular weight excluding hydrogens is 376 g/mol. The number of aryl methyl sites for hydroxylation is 1. The van der Waals surface area contributed by atoms with Crippen LogP contribution < -0.4 is 14.8 Å². The minimum Gasteiger partial charge on any atom is -0.495 e. The molecule has 0 atom stereocenters. The van der Waals surface area contributed by atoms with Crippen LogP contribution in [0.15, 0.2) is 77.7 Å². The fourth-order valence-electron chi connectivity index (χ4n) is 2.66. The van der Waals surface area contributed by atoms with Gasteiger partial charge in [-0.15, -0.1) is 0 Å². The Labute approximate surface area is 164 Å². The third kappa shape index (κ3) is 4.32. The first kappa shape index (κ1) is 19.4. The van der Waals surface area contributed by atoms with Crippen molar-refractivity contribution in [3.8, 4) is 5.75 Å². The van der Waals surface area contributed by atoms with E-state index in [9.17, 15) is 13.2 Å². The zero-order valence-electron chi connectivity index (χ0n) is 15.5. The molecule has 0 radical (unpaired) electrons. The molecule has 0 heterocycles. The number of ether oxygens (including phenoxy) is 1. The molecule has 7 heteroatoms. The smallest absolute Gasteiger partial charge is 0.262 e. The summed E-state index contributed by atoms with van der Waals surface area (Å²) in [5.74, 6) is 0.168. The van der Waals surface area contributed by atoms with Crippen LogP contribution in [0.1, 0.15) is 15.9 Å². The van der Waals surface area contributed by atoms with Crippen molar-refractivity contribution in [1.29, 1.82) is 0 Å². The molecule has 0 spiro atoms. The summed E-state index contributed by atoms with van der Waals surface area (Å²) >= 11 is 0. The van der Waals surface area contributed by atoms with E-state index in [-0.39, 0.29) is 10.8 Å².